The number of hydrogen-bond donors (Lipinski definition) is 1. The van der Waals surface area contributed by atoms with Gasteiger partial charge in [-0.3, -0.25) is 9.59 Å². The van der Waals surface area contributed by atoms with E-state index in [9.17, 15) is 14.7 Å². The van der Waals surface area contributed by atoms with Gasteiger partial charge in [0, 0.05) is 13.8 Å². The molecule has 3 unspecified atom stereocenters. The van der Waals surface area contributed by atoms with Gasteiger partial charge in [0.15, 0.2) is 0 Å². The first-order valence-corrected chi connectivity index (χ1v) is 7.72. The van der Waals surface area contributed by atoms with Crippen molar-refractivity contribution in [2.45, 2.75) is 72.2 Å². The molecular weight excluding hydrogens is 272 g/mol. The first kappa shape index (κ1) is 18.0. The van der Waals surface area contributed by atoms with E-state index in [2.05, 4.69) is 20.8 Å². The third kappa shape index (κ3) is 6.46. The van der Waals surface area contributed by atoms with Gasteiger partial charge < -0.3 is 14.6 Å². The maximum absolute atomic E-state index is 11.9. The lowest BCUT2D eigenvalue weighted by atomic mass is 9.75. The average Bonchev–Trinajstić information content (AvgIpc) is 2.24. The Morgan fingerprint density at radius 3 is 2.38 bits per heavy atom. The fourth-order valence-corrected chi connectivity index (χ4v) is 2.89. The minimum atomic E-state index is -1.57. The molecule has 5 heteroatoms. The summed E-state index contributed by atoms with van der Waals surface area (Å²) in [6, 6.07) is 0. The van der Waals surface area contributed by atoms with Crippen LogP contribution in [0.1, 0.15) is 60.3 Å². The molecule has 0 radical (unpaired) electrons. The van der Waals surface area contributed by atoms with E-state index in [-0.39, 0.29) is 6.10 Å². The van der Waals surface area contributed by atoms with Gasteiger partial charge in [-0.1, -0.05) is 27.2 Å². The number of aliphatic hydroxyl groups is 1. The quantitative estimate of drug-likeness (QED) is 0.480. The number of rotatable bonds is 5. The van der Waals surface area contributed by atoms with E-state index in [1.807, 2.05) is 0 Å². The van der Waals surface area contributed by atoms with Crippen molar-refractivity contribution >= 4 is 11.9 Å². The fraction of sp³-hybridized carbons (Fsp3) is 0.875. The van der Waals surface area contributed by atoms with Crippen molar-refractivity contribution in [3.8, 4) is 0 Å². The van der Waals surface area contributed by atoms with E-state index in [1.165, 1.54) is 13.8 Å². The van der Waals surface area contributed by atoms with E-state index >= 15 is 0 Å². The van der Waals surface area contributed by atoms with Crippen molar-refractivity contribution in [1.82, 2.24) is 0 Å². The van der Waals surface area contributed by atoms with E-state index in [4.69, 9.17) is 9.47 Å². The second-order valence-electron chi connectivity index (χ2n) is 6.95. The molecule has 0 aromatic carbocycles. The highest BCUT2D eigenvalue weighted by molar-refractivity contribution is 5.91. The highest BCUT2D eigenvalue weighted by Gasteiger charge is 2.34. The van der Waals surface area contributed by atoms with Crippen molar-refractivity contribution < 1.29 is 24.2 Å². The van der Waals surface area contributed by atoms with Crippen molar-refractivity contribution in [1.29, 1.82) is 0 Å². The highest BCUT2D eigenvalue weighted by atomic mass is 16.7. The summed E-state index contributed by atoms with van der Waals surface area (Å²) < 4.78 is 10.2. The van der Waals surface area contributed by atoms with Crippen LogP contribution in [0.2, 0.25) is 0 Å². The van der Waals surface area contributed by atoms with Gasteiger partial charge in [-0.05, 0) is 30.6 Å². The van der Waals surface area contributed by atoms with Gasteiger partial charge in [-0.25, -0.2) is 0 Å². The van der Waals surface area contributed by atoms with Crippen LogP contribution in [-0.4, -0.2) is 28.9 Å². The number of carbonyl (C=O) groups is 2. The summed E-state index contributed by atoms with van der Waals surface area (Å²) in [5.41, 5.74) is 0. The average molecular weight is 300 g/mol. The minimum absolute atomic E-state index is 0.129. The van der Waals surface area contributed by atoms with Gasteiger partial charge in [0.05, 0.1) is 0 Å². The van der Waals surface area contributed by atoms with Gasteiger partial charge in [0.2, 0.25) is 5.79 Å². The molecule has 0 spiro atoms. The first-order valence-electron chi connectivity index (χ1n) is 7.72. The molecule has 1 rings (SSSR count). The van der Waals surface area contributed by atoms with Crippen LogP contribution in [0.4, 0.5) is 0 Å². The molecule has 1 aliphatic carbocycles. The summed E-state index contributed by atoms with van der Waals surface area (Å²) in [6.45, 7) is 9.09. The molecule has 0 heterocycles. The van der Waals surface area contributed by atoms with E-state index < -0.39 is 24.1 Å². The minimum Gasteiger partial charge on any atom is -0.462 e. The van der Waals surface area contributed by atoms with Crippen LogP contribution in [0.5, 0.6) is 0 Å². The fourth-order valence-electron chi connectivity index (χ4n) is 2.89. The van der Waals surface area contributed by atoms with Crippen LogP contribution in [0.25, 0.3) is 0 Å². The monoisotopic (exact) mass is 300 g/mol. The zero-order valence-corrected chi connectivity index (χ0v) is 13.7. The molecule has 1 aliphatic rings. The highest BCUT2D eigenvalue weighted by Crippen LogP contribution is 2.35. The Bertz CT molecular complexity index is 369. The zero-order valence-electron chi connectivity index (χ0n) is 13.7. The molecule has 0 aromatic heterocycles. The molecule has 3 atom stereocenters. The summed E-state index contributed by atoms with van der Waals surface area (Å²) in [5.74, 6) is -1.60. The van der Waals surface area contributed by atoms with Gasteiger partial charge in [0.25, 0.3) is 0 Å². The lowest BCUT2D eigenvalue weighted by molar-refractivity contribution is -0.197. The number of ether oxygens (including phenoxy) is 2. The van der Waals surface area contributed by atoms with Crippen LogP contribution in [-0.2, 0) is 19.1 Å². The molecule has 5 nitrogen and oxygen atoms in total. The predicted octanol–water partition coefficient (Wildman–Crippen LogP) is 2.65. The number of carbonyl (C=O) groups excluding carboxylic acids is 2. The molecule has 0 saturated heterocycles. The Labute approximate surface area is 127 Å². The van der Waals surface area contributed by atoms with E-state index in [0.717, 1.165) is 19.3 Å². The van der Waals surface area contributed by atoms with Crippen molar-refractivity contribution in [2.24, 2.45) is 17.8 Å². The summed E-state index contributed by atoms with van der Waals surface area (Å²) in [6.07, 6.45) is 2.45. The Hall–Kier alpha value is -1.10. The van der Waals surface area contributed by atoms with Crippen molar-refractivity contribution in [2.75, 3.05) is 0 Å². The largest absolute Gasteiger partial charge is 0.462 e. The second kappa shape index (κ2) is 7.25. The predicted molar refractivity (Wildman–Crippen MR) is 78.2 cm³/mol. The maximum Gasteiger partial charge on any atom is 0.319 e. The van der Waals surface area contributed by atoms with Crippen LogP contribution >= 0.6 is 0 Å². The van der Waals surface area contributed by atoms with Crippen molar-refractivity contribution in [3.05, 3.63) is 0 Å². The van der Waals surface area contributed by atoms with Gasteiger partial charge >= 0.3 is 11.9 Å². The number of esters is 2. The molecule has 1 N–H and O–H groups in total. The van der Waals surface area contributed by atoms with E-state index in [1.54, 1.807) is 0 Å². The normalized spacial score (nSPS) is 26.5. The second-order valence-corrected chi connectivity index (χ2v) is 6.95. The standard InChI is InChI=1S/C16H28O5/c1-10(2)12-7-6-11(3)8-13(12)20-14(17)9-15(18)21-16(4,5)19/h10-13,19H,6-9H2,1-5H3. The van der Waals surface area contributed by atoms with Crippen molar-refractivity contribution in [3.63, 3.8) is 0 Å². The Balaban J connectivity index is 2.53. The summed E-state index contributed by atoms with van der Waals surface area (Å²) in [5, 5.41) is 9.38. The Morgan fingerprint density at radius 2 is 1.86 bits per heavy atom. The third-order valence-corrected chi connectivity index (χ3v) is 3.90. The summed E-state index contributed by atoms with van der Waals surface area (Å²) in [4.78, 5) is 23.4. The van der Waals surface area contributed by atoms with Crippen LogP contribution in [0.3, 0.4) is 0 Å². The molecule has 0 aliphatic heterocycles. The molecule has 1 fully saturated rings. The third-order valence-electron chi connectivity index (χ3n) is 3.90. The molecule has 0 aromatic rings. The van der Waals surface area contributed by atoms with Crippen LogP contribution < -0.4 is 0 Å². The topological polar surface area (TPSA) is 72.8 Å². The SMILES string of the molecule is CC1CCC(C(C)C)C(OC(=O)CC(=O)OC(C)(C)O)C1. The molecule has 122 valence electrons. The molecule has 0 bridgehead atoms. The first-order chi connectivity index (χ1) is 9.58. The van der Waals surface area contributed by atoms with Crippen LogP contribution in [0.15, 0.2) is 0 Å². The Kier molecular flexibility index (Phi) is 6.20. The zero-order chi connectivity index (χ0) is 16.2. The van der Waals surface area contributed by atoms with Gasteiger partial charge in [-0.15, -0.1) is 0 Å². The molecular formula is C16H28O5. The summed E-state index contributed by atoms with van der Waals surface area (Å²) >= 11 is 0. The number of hydrogen-bond acceptors (Lipinski definition) is 5. The smallest absolute Gasteiger partial charge is 0.319 e. The molecule has 1 saturated carbocycles. The van der Waals surface area contributed by atoms with Gasteiger partial charge in [-0.2, -0.15) is 0 Å². The molecule has 21 heavy (non-hydrogen) atoms. The van der Waals surface area contributed by atoms with Gasteiger partial charge in [0.1, 0.15) is 12.5 Å². The molecule has 0 amide bonds. The van der Waals surface area contributed by atoms with Crippen LogP contribution in [0, 0.1) is 17.8 Å². The maximum atomic E-state index is 11.9. The summed E-state index contributed by atoms with van der Waals surface area (Å²) in [7, 11) is 0. The lowest BCUT2D eigenvalue weighted by Crippen LogP contribution is -2.36. The lowest BCUT2D eigenvalue weighted by Gasteiger charge is -2.36. The van der Waals surface area contributed by atoms with E-state index in [0.29, 0.717) is 17.8 Å². The Morgan fingerprint density at radius 1 is 1.24 bits per heavy atom.